The zero-order valence-electron chi connectivity index (χ0n) is 15.5. The molecule has 0 saturated carbocycles. The maximum absolute atomic E-state index is 13.3. The number of aryl methyl sites for hydroxylation is 1. The first-order chi connectivity index (χ1) is 12.4. The molecule has 26 heavy (non-hydrogen) atoms. The Morgan fingerprint density at radius 2 is 1.77 bits per heavy atom. The molecular weight excluding hydrogens is 392 g/mol. The van der Waals surface area contributed by atoms with E-state index in [1.807, 2.05) is 56.6 Å². The topological polar surface area (TPSA) is 41.6 Å². The van der Waals surface area contributed by atoms with E-state index < -0.39 is 5.41 Å². The molecule has 5 heteroatoms. The zero-order chi connectivity index (χ0) is 18.7. The van der Waals surface area contributed by atoms with Gasteiger partial charge in [-0.3, -0.25) is 4.79 Å². The summed E-state index contributed by atoms with van der Waals surface area (Å²) < 4.78 is 6.55. The molecule has 1 N–H and O–H groups in total. The Balaban J connectivity index is 1.89. The Hall–Kier alpha value is -1.85. The van der Waals surface area contributed by atoms with Crippen LogP contribution in [0.3, 0.4) is 0 Å². The molecule has 0 radical (unpaired) electrons. The van der Waals surface area contributed by atoms with Crippen molar-refractivity contribution in [1.82, 2.24) is 0 Å². The second-order valence-electron chi connectivity index (χ2n) is 7.05. The smallest absolute Gasteiger partial charge is 0.235 e. The molecule has 0 aromatic heterocycles. The summed E-state index contributed by atoms with van der Waals surface area (Å²) in [4.78, 5) is 15.4. The summed E-state index contributed by atoms with van der Waals surface area (Å²) in [6.45, 7) is 3.26. The van der Waals surface area contributed by atoms with Gasteiger partial charge in [-0.2, -0.15) is 0 Å². The van der Waals surface area contributed by atoms with Crippen molar-refractivity contribution in [2.24, 2.45) is 0 Å². The lowest BCUT2D eigenvalue weighted by Gasteiger charge is -2.36. The van der Waals surface area contributed by atoms with Crippen LogP contribution in [0.4, 0.5) is 11.4 Å². The molecule has 1 saturated heterocycles. The van der Waals surface area contributed by atoms with Crippen LogP contribution < -0.4 is 10.2 Å². The van der Waals surface area contributed by atoms with Crippen LogP contribution in [0.2, 0.25) is 0 Å². The molecule has 0 spiro atoms. The maximum Gasteiger partial charge on any atom is 0.235 e. The molecular formula is C21H25BrN2O2. The summed E-state index contributed by atoms with van der Waals surface area (Å²) in [5.74, 6) is 0.0418. The summed E-state index contributed by atoms with van der Waals surface area (Å²) in [5.41, 5.74) is 3.62. The van der Waals surface area contributed by atoms with Crippen molar-refractivity contribution < 1.29 is 9.53 Å². The van der Waals surface area contributed by atoms with Gasteiger partial charge in [-0.05, 0) is 61.2 Å². The number of nitrogens with zero attached hydrogens (tertiary/aromatic N) is 1. The van der Waals surface area contributed by atoms with Crippen LogP contribution in [0, 0.1) is 6.92 Å². The van der Waals surface area contributed by atoms with E-state index >= 15 is 0 Å². The number of hydrogen-bond acceptors (Lipinski definition) is 3. The van der Waals surface area contributed by atoms with E-state index in [-0.39, 0.29) is 5.91 Å². The first-order valence-electron chi connectivity index (χ1n) is 8.85. The molecule has 0 unspecified atom stereocenters. The molecule has 4 nitrogen and oxygen atoms in total. The van der Waals surface area contributed by atoms with Gasteiger partial charge in [-0.25, -0.2) is 0 Å². The highest BCUT2D eigenvalue weighted by Gasteiger charge is 2.41. The highest BCUT2D eigenvalue weighted by molar-refractivity contribution is 9.10. The third-order valence-corrected chi connectivity index (χ3v) is 5.64. The maximum atomic E-state index is 13.3. The predicted octanol–water partition coefficient (Wildman–Crippen LogP) is 4.51. The summed E-state index contributed by atoms with van der Waals surface area (Å²) in [5, 5.41) is 3.15. The Kier molecular flexibility index (Phi) is 5.68. The molecule has 0 bridgehead atoms. The van der Waals surface area contributed by atoms with Gasteiger partial charge in [0.15, 0.2) is 0 Å². The van der Waals surface area contributed by atoms with Crippen LogP contribution in [0.15, 0.2) is 46.9 Å². The standard InChI is InChI=1S/C21H25BrN2O2/c1-15-14-18(8-9-19(15)24(2)3)23-20(25)21(10-12-26-13-11-21)16-4-6-17(22)7-5-16/h4-9,14H,10-13H2,1-3H3,(H,23,25). The number of ether oxygens (including phenoxy) is 1. The van der Waals surface area contributed by atoms with E-state index in [0.29, 0.717) is 26.1 Å². The van der Waals surface area contributed by atoms with Gasteiger partial charge in [0, 0.05) is 43.2 Å². The SMILES string of the molecule is Cc1cc(NC(=O)C2(c3ccc(Br)cc3)CCOCC2)ccc1N(C)C. The van der Waals surface area contributed by atoms with Gasteiger partial charge >= 0.3 is 0 Å². The normalized spacial score (nSPS) is 16.2. The summed E-state index contributed by atoms with van der Waals surface area (Å²) in [6.07, 6.45) is 1.38. The monoisotopic (exact) mass is 416 g/mol. The molecule has 1 aliphatic heterocycles. The minimum atomic E-state index is -0.549. The van der Waals surface area contributed by atoms with Crippen molar-refractivity contribution in [1.29, 1.82) is 0 Å². The second-order valence-corrected chi connectivity index (χ2v) is 7.97. The Bertz CT molecular complexity index is 781. The molecule has 138 valence electrons. The number of rotatable bonds is 4. The summed E-state index contributed by atoms with van der Waals surface area (Å²) in [6, 6.07) is 14.1. The number of amides is 1. The van der Waals surface area contributed by atoms with E-state index in [0.717, 1.165) is 27.0 Å². The third-order valence-electron chi connectivity index (χ3n) is 5.11. The molecule has 1 amide bonds. The van der Waals surface area contributed by atoms with Gasteiger partial charge in [0.2, 0.25) is 5.91 Å². The minimum absolute atomic E-state index is 0.0418. The Morgan fingerprint density at radius 3 is 2.35 bits per heavy atom. The van der Waals surface area contributed by atoms with Crippen LogP contribution in [-0.4, -0.2) is 33.2 Å². The van der Waals surface area contributed by atoms with Crippen molar-refractivity contribution >= 4 is 33.2 Å². The van der Waals surface area contributed by atoms with E-state index in [9.17, 15) is 4.79 Å². The summed E-state index contributed by atoms with van der Waals surface area (Å²) in [7, 11) is 4.04. The van der Waals surface area contributed by atoms with Crippen molar-refractivity contribution in [2.45, 2.75) is 25.2 Å². The van der Waals surface area contributed by atoms with E-state index in [1.165, 1.54) is 0 Å². The van der Waals surface area contributed by atoms with Crippen LogP contribution in [0.25, 0.3) is 0 Å². The van der Waals surface area contributed by atoms with Crippen molar-refractivity contribution in [3.05, 3.63) is 58.1 Å². The van der Waals surface area contributed by atoms with E-state index in [1.54, 1.807) is 0 Å². The van der Waals surface area contributed by atoms with Crippen LogP contribution in [0.1, 0.15) is 24.0 Å². The third kappa shape index (κ3) is 3.79. The summed E-state index contributed by atoms with van der Waals surface area (Å²) >= 11 is 3.48. The molecule has 2 aromatic rings. The second kappa shape index (κ2) is 7.80. The average Bonchev–Trinajstić information content (AvgIpc) is 2.62. The molecule has 1 heterocycles. The minimum Gasteiger partial charge on any atom is -0.381 e. The molecule has 2 aromatic carbocycles. The first-order valence-corrected chi connectivity index (χ1v) is 9.65. The van der Waals surface area contributed by atoms with Crippen molar-refractivity contribution in [2.75, 3.05) is 37.5 Å². The van der Waals surface area contributed by atoms with E-state index in [2.05, 4.69) is 33.1 Å². The van der Waals surface area contributed by atoms with Crippen molar-refractivity contribution in [3.63, 3.8) is 0 Å². The largest absolute Gasteiger partial charge is 0.381 e. The fourth-order valence-electron chi connectivity index (χ4n) is 3.62. The lowest BCUT2D eigenvalue weighted by molar-refractivity contribution is -0.125. The highest BCUT2D eigenvalue weighted by Crippen LogP contribution is 2.37. The Labute approximate surface area is 163 Å². The van der Waals surface area contributed by atoms with Gasteiger partial charge < -0.3 is 15.0 Å². The fourth-order valence-corrected chi connectivity index (χ4v) is 3.89. The molecule has 1 aliphatic rings. The number of hydrogen-bond donors (Lipinski definition) is 1. The lowest BCUT2D eigenvalue weighted by atomic mass is 9.73. The highest BCUT2D eigenvalue weighted by atomic mass is 79.9. The quantitative estimate of drug-likeness (QED) is 0.796. The molecule has 1 fully saturated rings. The Morgan fingerprint density at radius 1 is 1.12 bits per heavy atom. The number of benzene rings is 2. The average molecular weight is 417 g/mol. The number of anilines is 2. The number of carbonyl (C=O) groups excluding carboxylic acids is 1. The number of carbonyl (C=O) groups is 1. The van der Waals surface area contributed by atoms with E-state index in [4.69, 9.17) is 4.74 Å². The van der Waals surface area contributed by atoms with Gasteiger partial charge in [-0.15, -0.1) is 0 Å². The fraction of sp³-hybridized carbons (Fsp3) is 0.381. The van der Waals surface area contributed by atoms with Gasteiger partial charge in [0.25, 0.3) is 0 Å². The molecule has 0 aliphatic carbocycles. The lowest BCUT2D eigenvalue weighted by Crippen LogP contribution is -2.44. The first kappa shape index (κ1) is 18.9. The van der Waals surface area contributed by atoms with Crippen molar-refractivity contribution in [3.8, 4) is 0 Å². The van der Waals surface area contributed by atoms with Crippen LogP contribution >= 0.6 is 15.9 Å². The van der Waals surface area contributed by atoms with Crippen LogP contribution in [-0.2, 0) is 14.9 Å². The zero-order valence-corrected chi connectivity index (χ0v) is 17.1. The molecule has 0 atom stereocenters. The number of nitrogens with one attached hydrogen (secondary N) is 1. The van der Waals surface area contributed by atoms with Gasteiger partial charge in [-0.1, -0.05) is 28.1 Å². The van der Waals surface area contributed by atoms with Crippen LogP contribution in [0.5, 0.6) is 0 Å². The molecule has 3 rings (SSSR count). The predicted molar refractivity (Wildman–Crippen MR) is 110 cm³/mol. The van der Waals surface area contributed by atoms with Gasteiger partial charge in [0.1, 0.15) is 0 Å². The number of halogens is 1. The van der Waals surface area contributed by atoms with Gasteiger partial charge in [0.05, 0.1) is 5.41 Å².